The van der Waals surface area contributed by atoms with Crippen LogP contribution < -0.4 is 20.1 Å². The van der Waals surface area contributed by atoms with Crippen LogP contribution in [0.5, 0.6) is 11.5 Å². The summed E-state index contributed by atoms with van der Waals surface area (Å²) in [5.41, 5.74) is 1.22. The van der Waals surface area contributed by atoms with Crippen LogP contribution in [0.3, 0.4) is 0 Å². The van der Waals surface area contributed by atoms with Gasteiger partial charge in [0.1, 0.15) is 0 Å². The van der Waals surface area contributed by atoms with Crippen molar-refractivity contribution in [2.75, 3.05) is 46.2 Å². The van der Waals surface area contributed by atoms with Gasteiger partial charge in [0.15, 0.2) is 17.5 Å². The second-order valence-electron chi connectivity index (χ2n) is 6.66. The quantitative estimate of drug-likeness (QED) is 0.233. The maximum absolute atomic E-state index is 5.89. The number of guanidine groups is 1. The molecule has 2 aliphatic rings. The summed E-state index contributed by atoms with van der Waals surface area (Å²) in [6, 6.07) is 6.09. The summed E-state index contributed by atoms with van der Waals surface area (Å²) < 4.78 is 22.0. The minimum atomic E-state index is 0. The third-order valence-electron chi connectivity index (χ3n) is 4.58. The second kappa shape index (κ2) is 13.1. The molecule has 158 valence electrons. The molecule has 1 saturated heterocycles. The molecule has 2 heterocycles. The summed E-state index contributed by atoms with van der Waals surface area (Å²) in [5, 5.41) is 6.67. The number of ether oxygens (including phenoxy) is 4. The monoisotopic (exact) mass is 505 g/mol. The lowest BCUT2D eigenvalue weighted by molar-refractivity contribution is -0.0318. The number of fused-ring (bicyclic) bond motifs is 1. The second-order valence-corrected chi connectivity index (χ2v) is 6.66. The molecule has 28 heavy (non-hydrogen) atoms. The summed E-state index contributed by atoms with van der Waals surface area (Å²) in [6.07, 6.45) is 4.20. The van der Waals surface area contributed by atoms with E-state index in [0.29, 0.717) is 12.9 Å². The lowest BCUT2D eigenvalue weighted by Crippen LogP contribution is -2.38. The van der Waals surface area contributed by atoms with Crippen LogP contribution in [0.15, 0.2) is 23.2 Å². The van der Waals surface area contributed by atoms with Gasteiger partial charge in [-0.15, -0.1) is 24.0 Å². The maximum atomic E-state index is 5.89. The Balaban J connectivity index is 0.00000280. The summed E-state index contributed by atoms with van der Waals surface area (Å²) in [5.74, 6) is 2.51. The topological polar surface area (TPSA) is 73.3 Å². The summed E-state index contributed by atoms with van der Waals surface area (Å²) in [4.78, 5) is 4.63. The standard InChI is InChI=1S/C20H31N3O4.HI/c1-2-21-20(22-9-3-11-25-17-7-12-24-13-8-17)23-10-6-16-4-5-18-19(14-16)27-15-26-18;/h4-5,14,17H,2-3,6-13,15H2,1H3,(H2,21,22,23);1H. The number of hydrogen-bond acceptors (Lipinski definition) is 5. The molecule has 7 nitrogen and oxygen atoms in total. The molecule has 2 N–H and O–H groups in total. The summed E-state index contributed by atoms with van der Waals surface area (Å²) in [7, 11) is 0. The Bertz CT molecular complexity index is 609. The average molecular weight is 505 g/mol. The third kappa shape index (κ3) is 7.63. The number of rotatable bonds is 9. The zero-order valence-electron chi connectivity index (χ0n) is 16.6. The van der Waals surface area contributed by atoms with Crippen molar-refractivity contribution >= 4 is 29.9 Å². The molecule has 0 spiro atoms. The zero-order chi connectivity index (χ0) is 18.7. The Labute approximate surface area is 184 Å². The van der Waals surface area contributed by atoms with Gasteiger partial charge in [-0.1, -0.05) is 6.07 Å². The molecule has 0 radical (unpaired) electrons. The van der Waals surface area contributed by atoms with Crippen LogP contribution in [0.2, 0.25) is 0 Å². The van der Waals surface area contributed by atoms with Crippen molar-refractivity contribution < 1.29 is 18.9 Å². The lowest BCUT2D eigenvalue weighted by atomic mass is 10.1. The van der Waals surface area contributed by atoms with Crippen LogP contribution in [-0.4, -0.2) is 58.3 Å². The van der Waals surface area contributed by atoms with Gasteiger partial charge in [-0.25, -0.2) is 0 Å². The highest BCUT2D eigenvalue weighted by Gasteiger charge is 2.14. The fourth-order valence-electron chi connectivity index (χ4n) is 3.11. The van der Waals surface area contributed by atoms with Crippen LogP contribution in [0.4, 0.5) is 0 Å². The molecule has 0 bridgehead atoms. The van der Waals surface area contributed by atoms with Crippen molar-refractivity contribution in [2.24, 2.45) is 4.99 Å². The van der Waals surface area contributed by atoms with E-state index in [2.05, 4.69) is 28.6 Å². The highest BCUT2D eigenvalue weighted by atomic mass is 127. The molecular weight excluding hydrogens is 473 g/mol. The predicted octanol–water partition coefficient (Wildman–Crippen LogP) is 2.72. The molecular formula is C20H32IN3O4. The van der Waals surface area contributed by atoms with E-state index in [1.165, 1.54) is 5.56 Å². The molecule has 2 aliphatic heterocycles. The first-order chi connectivity index (χ1) is 13.3. The maximum Gasteiger partial charge on any atom is 0.231 e. The molecule has 0 aliphatic carbocycles. The van der Waals surface area contributed by atoms with Crippen molar-refractivity contribution in [3.8, 4) is 11.5 Å². The molecule has 0 saturated carbocycles. The number of aliphatic imine (C=N–C) groups is 1. The number of nitrogens with zero attached hydrogens (tertiary/aromatic N) is 1. The minimum absolute atomic E-state index is 0. The molecule has 1 aromatic rings. The van der Waals surface area contributed by atoms with E-state index in [0.717, 1.165) is 82.6 Å². The highest BCUT2D eigenvalue weighted by molar-refractivity contribution is 14.0. The highest BCUT2D eigenvalue weighted by Crippen LogP contribution is 2.32. The zero-order valence-corrected chi connectivity index (χ0v) is 18.9. The fraction of sp³-hybridized carbons (Fsp3) is 0.650. The van der Waals surface area contributed by atoms with Gasteiger partial charge in [-0.3, -0.25) is 4.99 Å². The average Bonchev–Trinajstić information content (AvgIpc) is 3.16. The Hall–Kier alpha value is -1.26. The smallest absolute Gasteiger partial charge is 0.231 e. The van der Waals surface area contributed by atoms with Gasteiger partial charge >= 0.3 is 0 Å². The van der Waals surface area contributed by atoms with Crippen LogP contribution in [0.25, 0.3) is 0 Å². The molecule has 0 aromatic heterocycles. The van der Waals surface area contributed by atoms with E-state index in [9.17, 15) is 0 Å². The van der Waals surface area contributed by atoms with E-state index in [4.69, 9.17) is 18.9 Å². The van der Waals surface area contributed by atoms with Gasteiger partial charge in [-0.2, -0.15) is 0 Å². The molecule has 0 unspecified atom stereocenters. The molecule has 1 aromatic carbocycles. The molecule has 0 atom stereocenters. The normalized spacial score (nSPS) is 16.5. The molecule has 3 rings (SSSR count). The van der Waals surface area contributed by atoms with E-state index >= 15 is 0 Å². The van der Waals surface area contributed by atoms with E-state index in [-0.39, 0.29) is 24.0 Å². The minimum Gasteiger partial charge on any atom is -0.454 e. The van der Waals surface area contributed by atoms with Gasteiger partial charge in [0, 0.05) is 39.5 Å². The Kier molecular flexibility index (Phi) is 10.7. The van der Waals surface area contributed by atoms with Crippen molar-refractivity contribution in [2.45, 2.75) is 38.7 Å². The Morgan fingerprint density at radius 3 is 2.82 bits per heavy atom. The van der Waals surface area contributed by atoms with Crippen molar-refractivity contribution in [3.63, 3.8) is 0 Å². The van der Waals surface area contributed by atoms with Gasteiger partial charge < -0.3 is 29.6 Å². The molecule has 1 fully saturated rings. The van der Waals surface area contributed by atoms with E-state index in [1.54, 1.807) is 0 Å². The largest absolute Gasteiger partial charge is 0.454 e. The van der Waals surface area contributed by atoms with Crippen molar-refractivity contribution in [1.82, 2.24) is 10.6 Å². The van der Waals surface area contributed by atoms with Crippen molar-refractivity contribution in [1.29, 1.82) is 0 Å². The summed E-state index contributed by atoms with van der Waals surface area (Å²) in [6.45, 7) is 7.18. The lowest BCUT2D eigenvalue weighted by Gasteiger charge is -2.22. The Morgan fingerprint density at radius 1 is 1.18 bits per heavy atom. The van der Waals surface area contributed by atoms with Gasteiger partial charge in [0.05, 0.1) is 6.10 Å². The molecule has 8 heteroatoms. The van der Waals surface area contributed by atoms with Gasteiger partial charge in [0.25, 0.3) is 0 Å². The SMILES string of the molecule is CCNC(=NCCCOC1CCOCC1)NCCc1ccc2c(c1)OCO2.I. The molecule has 0 amide bonds. The van der Waals surface area contributed by atoms with Crippen LogP contribution >= 0.6 is 24.0 Å². The first kappa shape index (κ1) is 23.0. The third-order valence-corrected chi connectivity index (χ3v) is 4.58. The van der Waals surface area contributed by atoms with Crippen LogP contribution in [0, 0.1) is 0 Å². The number of benzene rings is 1. The van der Waals surface area contributed by atoms with Gasteiger partial charge in [-0.05, 0) is 50.3 Å². The van der Waals surface area contributed by atoms with Gasteiger partial charge in [0.2, 0.25) is 6.79 Å². The number of halogens is 1. The van der Waals surface area contributed by atoms with Crippen LogP contribution in [0.1, 0.15) is 31.7 Å². The number of nitrogens with one attached hydrogen (secondary N) is 2. The fourth-order valence-corrected chi connectivity index (χ4v) is 3.11. The first-order valence-corrected chi connectivity index (χ1v) is 9.95. The Morgan fingerprint density at radius 2 is 2.00 bits per heavy atom. The van der Waals surface area contributed by atoms with E-state index < -0.39 is 0 Å². The predicted molar refractivity (Wildman–Crippen MR) is 120 cm³/mol. The van der Waals surface area contributed by atoms with E-state index in [1.807, 2.05) is 12.1 Å². The first-order valence-electron chi connectivity index (χ1n) is 9.95. The summed E-state index contributed by atoms with van der Waals surface area (Å²) >= 11 is 0. The van der Waals surface area contributed by atoms with Crippen molar-refractivity contribution in [3.05, 3.63) is 23.8 Å². The number of hydrogen-bond donors (Lipinski definition) is 2. The van der Waals surface area contributed by atoms with Crippen LogP contribution in [-0.2, 0) is 15.9 Å².